The summed E-state index contributed by atoms with van der Waals surface area (Å²) in [6.45, 7) is 1.89. The Morgan fingerprint density at radius 1 is 1.21 bits per heavy atom. The highest BCUT2D eigenvalue weighted by molar-refractivity contribution is 6.28. The van der Waals surface area contributed by atoms with Gasteiger partial charge in [-0.1, -0.05) is 12.1 Å². The number of aryl methyl sites for hydroxylation is 1. The summed E-state index contributed by atoms with van der Waals surface area (Å²) in [7, 11) is 0. The minimum atomic E-state index is -4.49. The van der Waals surface area contributed by atoms with Crippen LogP contribution < -0.4 is 5.62 Å². The molecule has 2 N–H and O–H groups in total. The van der Waals surface area contributed by atoms with Gasteiger partial charge in [-0.05, 0) is 42.3 Å². The van der Waals surface area contributed by atoms with Crippen molar-refractivity contribution in [1.82, 2.24) is 29.3 Å². The number of halogens is 4. The third-order valence-electron chi connectivity index (χ3n) is 4.22. The molecule has 3 heterocycles. The Bertz CT molecular complexity index is 1220. The standard InChI is InChI=1S/C17H13ClF3N7/c1-9-6-13(17(19,20)21)26-28(9)11-4-2-10(3-5-11)8-27-14-12(24-16(27)22)7-23-15(18)25-14/h2-7H,8H2,1H3,(H2,22,24). The molecule has 0 spiro atoms. The number of aromatic nitrogens is 6. The Hall–Kier alpha value is -3.14. The third-order valence-corrected chi connectivity index (χ3v) is 4.40. The molecular weight excluding hydrogens is 395 g/mol. The van der Waals surface area contributed by atoms with E-state index in [1.54, 1.807) is 35.8 Å². The molecule has 11 heteroatoms. The summed E-state index contributed by atoms with van der Waals surface area (Å²) in [4.78, 5) is 10.9. The van der Waals surface area contributed by atoms with Gasteiger partial charge in [-0.25, -0.2) is 9.67 Å². The number of hydrogen-bond acceptors (Lipinski definition) is 4. The van der Waals surface area contributed by atoms with E-state index in [0.717, 1.165) is 11.6 Å². The van der Waals surface area contributed by atoms with Crippen LogP contribution in [0.5, 0.6) is 0 Å². The molecule has 4 aromatic rings. The van der Waals surface area contributed by atoms with Crippen molar-refractivity contribution in [2.75, 3.05) is 0 Å². The Kier molecular flexibility index (Phi) is 4.22. The van der Waals surface area contributed by atoms with Gasteiger partial charge in [0, 0.05) is 5.69 Å². The number of benzene rings is 1. The van der Waals surface area contributed by atoms with Crippen LogP contribution in [0.2, 0.25) is 5.28 Å². The van der Waals surface area contributed by atoms with E-state index in [9.17, 15) is 13.2 Å². The number of aromatic amines is 1. The highest BCUT2D eigenvalue weighted by Crippen LogP contribution is 2.29. The molecule has 0 amide bonds. The van der Waals surface area contributed by atoms with Crippen LogP contribution in [0.15, 0.2) is 36.5 Å². The average molecular weight is 408 g/mol. The van der Waals surface area contributed by atoms with Crippen LogP contribution in [-0.4, -0.2) is 29.3 Å². The number of nitrogens with one attached hydrogen (secondary N) is 2. The second-order valence-electron chi connectivity index (χ2n) is 6.18. The normalized spacial score (nSPS) is 12.0. The summed E-state index contributed by atoms with van der Waals surface area (Å²) in [5.41, 5.74) is 2.00. The van der Waals surface area contributed by atoms with E-state index in [-0.39, 0.29) is 10.9 Å². The second kappa shape index (κ2) is 6.48. The molecule has 0 aliphatic heterocycles. The fourth-order valence-corrected chi connectivity index (χ4v) is 3.03. The summed E-state index contributed by atoms with van der Waals surface area (Å²) in [5.74, 6) is 0. The molecule has 4 rings (SSSR count). The Balaban J connectivity index is 1.65. The van der Waals surface area contributed by atoms with E-state index in [2.05, 4.69) is 20.1 Å². The van der Waals surface area contributed by atoms with Crippen molar-refractivity contribution in [3.63, 3.8) is 0 Å². The van der Waals surface area contributed by atoms with E-state index >= 15 is 0 Å². The molecule has 0 fully saturated rings. The zero-order valence-corrected chi connectivity index (χ0v) is 15.2. The maximum absolute atomic E-state index is 12.8. The fourth-order valence-electron chi connectivity index (χ4n) is 2.90. The Morgan fingerprint density at radius 2 is 1.93 bits per heavy atom. The molecule has 1 aromatic carbocycles. The summed E-state index contributed by atoms with van der Waals surface area (Å²) >= 11 is 5.84. The van der Waals surface area contributed by atoms with Gasteiger partial charge >= 0.3 is 6.18 Å². The van der Waals surface area contributed by atoms with Gasteiger partial charge in [0.05, 0.1) is 18.4 Å². The summed E-state index contributed by atoms with van der Waals surface area (Å²) in [5, 5.41) is 11.8. The highest BCUT2D eigenvalue weighted by Gasteiger charge is 2.34. The largest absolute Gasteiger partial charge is 0.435 e. The van der Waals surface area contributed by atoms with Gasteiger partial charge < -0.3 is 4.98 Å². The molecule has 0 bridgehead atoms. The molecule has 7 nitrogen and oxygen atoms in total. The van der Waals surface area contributed by atoms with E-state index in [1.165, 1.54) is 10.9 Å². The fraction of sp³-hybridized carbons (Fsp3) is 0.176. The number of hydrogen-bond donors (Lipinski definition) is 2. The average Bonchev–Trinajstić information content (AvgIpc) is 3.16. The SMILES string of the molecule is Cc1cc(C(F)(F)F)nn1-c1ccc(Cn2c(=N)[nH]c3cnc(Cl)nc32)cc1. The van der Waals surface area contributed by atoms with E-state index in [4.69, 9.17) is 17.0 Å². The summed E-state index contributed by atoms with van der Waals surface area (Å²) in [6, 6.07) is 7.88. The van der Waals surface area contributed by atoms with Crippen molar-refractivity contribution in [3.8, 4) is 5.69 Å². The lowest BCUT2D eigenvalue weighted by atomic mass is 10.2. The lowest BCUT2D eigenvalue weighted by Crippen LogP contribution is -2.18. The summed E-state index contributed by atoms with van der Waals surface area (Å²) < 4.78 is 41.4. The quantitative estimate of drug-likeness (QED) is 0.510. The van der Waals surface area contributed by atoms with E-state index < -0.39 is 11.9 Å². The first-order chi connectivity index (χ1) is 13.2. The maximum atomic E-state index is 12.8. The maximum Gasteiger partial charge on any atom is 0.435 e. The van der Waals surface area contributed by atoms with Crippen molar-refractivity contribution in [2.45, 2.75) is 19.6 Å². The molecule has 0 aliphatic rings. The van der Waals surface area contributed by atoms with Crippen molar-refractivity contribution < 1.29 is 13.2 Å². The first kappa shape index (κ1) is 18.2. The number of imidazole rings is 1. The van der Waals surface area contributed by atoms with Gasteiger partial charge in [0.15, 0.2) is 11.3 Å². The molecule has 144 valence electrons. The molecule has 0 saturated heterocycles. The van der Waals surface area contributed by atoms with E-state index in [0.29, 0.717) is 29.1 Å². The smallest absolute Gasteiger partial charge is 0.322 e. The van der Waals surface area contributed by atoms with Gasteiger partial charge in [0.25, 0.3) is 0 Å². The Labute approximate surface area is 160 Å². The van der Waals surface area contributed by atoms with Gasteiger partial charge in [0.2, 0.25) is 10.9 Å². The van der Waals surface area contributed by atoms with Crippen LogP contribution in [0.3, 0.4) is 0 Å². The second-order valence-corrected chi connectivity index (χ2v) is 6.52. The zero-order valence-electron chi connectivity index (χ0n) is 14.4. The van der Waals surface area contributed by atoms with Gasteiger partial charge in [-0.3, -0.25) is 9.98 Å². The minimum Gasteiger partial charge on any atom is -0.322 e. The van der Waals surface area contributed by atoms with Crippen molar-refractivity contribution in [3.05, 3.63) is 64.4 Å². The van der Waals surface area contributed by atoms with Crippen LogP contribution in [0, 0.1) is 12.3 Å². The lowest BCUT2D eigenvalue weighted by molar-refractivity contribution is -0.141. The molecule has 0 radical (unpaired) electrons. The monoisotopic (exact) mass is 407 g/mol. The minimum absolute atomic E-state index is 0.0743. The number of rotatable bonds is 3. The molecule has 0 aliphatic carbocycles. The first-order valence-electron chi connectivity index (χ1n) is 8.11. The molecule has 0 saturated carbocycles. The van der Waals surface area contributed by atoms with Gasteiger partial charge in [-0.2, -0.15) is 23.3 Å². The van der Waals surface area contributed by atoms with Gasteiger partial charge in [-0.15, -0.1) is 0 Å². The number of fused-ring (bicyclic) bond motifs is 1. The molecule has 0 atom stereocenters. The number of alkyl halides is 3. The number of nitrogens with zero attached hydrogens (tertiary/aromatic N) is 5. The van der Waals surface area contributed by atoms with Crippen LogP contribution >= 0.6 is 11.6 Å². The van der Waals surface area contributed by atoms with Crippen molar-refractivity contribution in [1.29, 1.82) is 5.41 Å². The number of H-pyrrole nitrogens is 1. The predicted octanol–water partition coefficient (Wildman–Crippen LogP) is 3.45. The van der Waals surface area contributed by atoms with Crippen molar-refractivity contribution in [2.24, 2.45) is 0 Å². The first-order valence-corrected chi connectivity index (χ1v) is 8.49. The lowest BCUT2D eigenvalue weighted by Gasteiger charge is -2.08. The van der Waals surface area contributed by atoms with E-state index in [1.807, 2.05) is 0 Å². The summed E-state index contributed by atoms with van der Waals surface area (Å²) in [6.07, 6.45) is -2.99. The highest BCUT2D eigenvalue weighted by atomic mass is 35.5. The molecular formula is C17H13ClF3N7. The van der Waals surface area contributed by atoms with Gasteiger partial charge in [0.1, 0.15) is 5.52 Å². The predicted molar refractivity (Wildman–Crippen MR) is 95.1 cm³/mol. The molecule has 0 unspecified atom stereocenters. The molecule has 3 aromatic heterocycles. The zero-order chi connectivity index (χ0) is 20.1. The Morgan fingerprint density at radius 3 is 2.57 bits per heavy atom. The third kappa shape index (κ3) is 3.26. The van der Waals surface area contributed by atoms with Crippen LogP contribution in [0.25, 0.3) is 16.9 Å². The molecule has 28 heavy (non-hydrogen) atoms. The van der Waals surface area contributed by atoms with Crippen molar-refractivity contribution >= 4 is 22.8 Å². The van der Waals surface area contributed by atoms with Crippen LogP contribution in [-0.2, 0) is 12.7 Å². The topological polar surface area (TPSA) is 88.2 Å². The van der Waals surface area contributed by atoms with Crippen LogP contribution in [0.4, 0.5) is 13.2 Å². The van der Waals surface area contributed by atoms with Crippen LogP contribution in [0.1, 0.15) is 17.0 Å².